The summed E-state index contributed by atoms with van der Waals surface area (Å²) in [6, 6.07) is 3.44. The first-order valence-electron chi connectivity index (χ1n) is 4.87. The van der Waals surface area contributed by atoms with E-state index in [1.54, 1.807) is 13.0 Å². The minimum absolute atomic E-state index is 0.108. The van der Waals surface area contributed by atoms with E-state index in [1.807, 2.05) is 26.0 Å². The Hall–Kier alpha value is -1.11. The van der Waals surface area contributed by atoms with Crippen LogP contribution < -0.4 is 0 Å². The molecule has 1 rings (SSSR count). The summed E-state index contributed by atoms with van der Waals surface area (Å²) in [5, 5.41) is 0. The summed E-state index contributed by atoms with van der Waals surface area (Å²) in [5.41, 5.74) is 2.89. The Kier molecular flexibility index (Phi) is 5.86. The van der Waals surface area contributed by atoms with Crippen LogP contribution in [0.4, 0.5) is 4.39 Å². The maximum atomic E-state index is 12.8. The summed E-state index contributed by atoms with van der Waals surface area (Å²) in [4.78, 5) is 0. The van der Waals surface area contributed by atoms with Gasteiger partial charge in [0.05, 0.1) is 0 Å². The monoisotopic (exact) mass is 194 g/mol. The van der Waals surface area contributed by atoms with Gasteiger partial charge in [-0.1, -0.05) is 19.1 Å². The van der Waals surface area contributed by atoms with E-state index in [1.165, 1.54) is 0 Å². The maximum absolute atomic E-state index is 12.8. The van der Waals surface area contributed by atoms with Gasteiger partial charge in [-0.2, -0.15) is 0 Å². The van der Waals surface area contributed by atoms with Gasteiger partial charge in [0.2, 0.25) is 0 Å². The molecule has 78 valence electrons. The van der Waals surface area contributed by atoms with Gasteiger partial charge in [0, 0.05) is 0 Å². The third-order valence-corrected chi connectivity index (χ3v) is 2.06. The number of halogens is 1. The van der Waals surface area contributed by atoms with E-state index in [0.29, 0.717) is 0 Å². The minimum atomic E-state index is -0.108. The first-order chi connectivity index (χ1) is 6.52. The molecule has 0 aliphatic rings. The van der Waals surface area contributed by atoms with E-state index in [-0.39, 0.29) is 5.82 Å². The van der Waals surface area contributed by atoms with Gasteiger partial charge in [-0.25, -0.2) is 4.39 Å². The fraction of sp³-hybridized carbons (Fsp3) is 0.385. The van der Waals surface area contributed by atoms with E-state index in [4.69, 9.17) is 0 Å². The average molecular weight is 194 g/mol. The van der Waals surface area contributed by atoms with Crippen molar-refractivity contribution in [2.75, 3.05) is 0 Å². The SMILES string of the molecule is C=CCC.Cc1cc(C)c(F)cc1C. The van der Waals surface area contributed by atoms with Crippen LogP contribution in [0.1, 0.15) is 30.0 Å². The molecule has 0 radical (unpaired) electrons. The Morgan fingerprint density at radius 1 is 1.14 bits per heavy atom. The standard InChI is InChI=1S/C9H11F.C4H8/c1-6-4-8(3)9(10)5-7(6)2;1-3-4-2/h4-5H,1-3H3;3H,1,4H2,2H3. The van der Waals surface area contributed by atoms with Crippen molar-refractivity contribution in [3.8, 4) is 0 Å². The molecule has 1 heteroatoms. The zero-order valence-electron chi connectivity index (χ0n) is 9.52. The molecular weight excluding hydrogens is 175 g/mol. The molecular formula is C13H19F. The lowest BCUT2D eigenvalue weighted by Gasteiger charge is -2.01. The van der Waals surface area contributed by atoms with Crippen LogP contribution in [0.15, 0.2) is 24.8 Å². The Bertz CT molecular complexity index is 250. The van der Waals surface area contributed by atoms with Crippen LogP contribution in [0.3, 0.4) is 0 Å². The van der Waals surface area contributed by atoms with Crippen molar-refractivity contribution in [1.82, 2.24) is 0 Å². The first kappa shape index (κ1) is 12.9. The Morgan fingerprint density at radius 3 is 1.93 bits per heavy atom. The lowest BCUT2D eigenvalue weighted by Crippen LogP contribution is -1.87. The second kappa shape index (κ2) is 6.36. The summed E-state index contributed by atoms with van der Waals surface area (Å²) in [7, 11) is 0. The fourth-order valence-electron chi connectivity index (χ4n) is 0.925. The molecule has 0 amide bonds. The zero-order chi connectivity index (χ0) is 11.1. The van der Waals surface area contributed by atoms with Gasteiger partial charge in [-0.05, 0) is 49.9 Å². The number of allylic oxidation sites excluding steroid dienone is 1. The van der Waals surface area contributed by atoms with E-state index >= 15 is 0 Å². The number of rotatable bonds is 1. The Morgan fingerprint density at radius 2 is 1.57 bits per heavy atom. The molecule has 0 aliphatic heterocycles. The highest BCUT2D eigenvalue weighted by molar-refractivity contribution is 5.30. The lowest BCUT2D eigenvalue weighted by atomic mass is 10.1. The molecule has 0 saturated carbocycles. The molecule has 1 aromatic rings. The normalized spacial score (nSPS) is 8.93. The van der Waals surface area contributed by atoms with Crippen LogP contribution in [0.5, 0.6) is 0 Å². The van der Waals surface area contributed by atoms with Gasteiger partial charge >= 0.3 is 0 Å². The molecule has 0 aliphatic carbocycles. The van der Waals surface area contributed by atoms with Crippen molar-refractivity contribution in [3.63, 3.8) is 0 Å². The highest BCUT2D eigenvalue weighted by Crippen LogP contribution is 2.12. The van der Waals surface area contributed by atoms with Crippen LogP contribution in [0.2, 0.25) is 0 Å². The molecule has 0 unspecified atom stereocenters. The van der Waals surface area contributed by atoms with Crippen molar-refractivity contribution in [3.05, 3.63) is 47.3 Å². The highest BCUT2D eigenvalue weighted by Gasteiger charge is 1.98. The summed E-state index contributed by atoms with van der Waals surface area (Å²) in [6.07, 6.45) is 2.96. The molecule has 0 nitrogen and oxygen atoms in total. The molecule has 0 spiro atoms. The number of benzene rings is 1. The second-order valence-corrected chi connectivity index (χ2v) is 3.38. The zero-order valence-corrected chi connectivity index (χ0v) is 9.52. The van der Waals surface area contributed by atoms with Crippen molar-refractivity contribution < 1.29 is 4.39 Å². The summed E-state index contributed by atoms with van der Waals surface area (Å²) >= 11 is 0. The summed E-state index contributed by atoms with van der Waals surface area (Å²) < 4.78 is 12.8. The van der Waals surface area contributed by atoms with Crippen LogP contribution in [-0.2, 0) is 0 Å². The van der Waals surface area contributed by atoms with Gasteiger partial charge in [-0.15, -0.1) is 6.58 Å². The average Bonchev–Trinajstić information content (AvgIpc) is 2.15. The van der Waals surface area contributed by atoms with Gasteiger partial charge in [0.25, 0.3) is 0 Å². The first-order valence-corrected chi connectivity index (χ1v) is 4.87. The molecule has 1 aromatic carbocycles. The van der Waals surface area contributed by atoms with Crippen molar-refractivity contribution >= 4 is 0 Å². The molecule has 0 bridgehead atoms. The largest absolute Gasteiger partial charge is 0.207 e. The smallest absolute Gasteiger partial charge is 0.126 e. The maximum Gasteiger partial charge on any atom is 0.126 e. The van der Waals surface area contributed by atoms with E-state index in [0.717, 1.165) is 23.1 Å². The van der Waals surface area contributed by atoms with Crippen molar-refractivity contribution in [2.45, 2.75) is 34.1 Å². The molecule has 0 saturated heterocycles. The predicted octanol–water partition coefficient (Wildman–Crippen LogP) is 4.33. The number of aryl methyl sites for hydroxylation is 3. The molecule has 0 aromatic heterocycles. The predicted molar refractivity (Wildman–Crippen MR) is 61.1 cm³/mol. The number of hydrogen-bond acceptors (Lipinski definition) is 0. The molecule has 0 fully saturated rings. The molecule has 0 N–H and O–H groups in total. The quantitative estimate of drug-likeness (QED) is 0.583. The van der Waals surface area contributed by atoms with Crippen LogP contribution in [-0.4, -0.2) is 0 Å². The fourth-order valence-corrected chi connectivity index (χ4v) is 0.925. The molecule has 0 heterocycles. The van der Waals surface area contributed by atoms with Gasteiger partial charge in [0.1, 0.15) is 5.82 Å². The minimum Gasteiger partial charge on any atom is -0.207 e. The Labute approximate surface area is 86.5 Å². The van der Waals surface area contributed by atoms with Crippen molar-refractivity contribution in [1.29, 1.82) is 0 Å². The third kappa shape index (κ3) is 4.22. The van der Waals surface area contributed by atoms with E-state index in [9.17, 15) is 4.39 Å². The third-order valence-electron chi connectivity index (χ3n) is 2.06. The topological polar surface area (TPSA) is 0 Å². The lowest BCUT2D eigenvalue weighted by molar-refractivity contribution is 0.616. The van der Waals surface area contributed by atoms with Crippen LogP contribution >= 0.6 is 0 Å². The Balaban J connectivity index is 0.000000364. The van der Waals surface area contributed by atoms with Crippen molar-refractivity contribution in [2.24, 2.45) is 0 Å². The van der Waals surface area contributed by atoms with E-state index < -0.39 is 0 Å². The van der Waals surface area contributed by atoms with Gasteiger partial charge < -0.3 is 0 Å². The summed E-state index contributed by atoms with van der Waals surface area (Å²) in [6.45, 7) is 11.2. The number of hydrogen-bond donors (Lipinski definition) is 0. The van der Waals surface area contributed by atoms with Crippen LogP contribution in [0.25, 0.3) is 0 Å². The molecule has 14 heavy (non-hydrogen) atoms. The van der Waals surface area contributed by atoms with Crippen LogP contribution in [0, 0.1) is 26.6 Å². The van der Waals surface area contributed by atoms with E-state index in [2.05, 4.69) is 13.5 Å². The summed E-state index contributed by atoms with van der Waals surface area (Å²) in [5.74, 6) is -0.108. The van der Waals surface area contributed by atoms with Gasteiger partial charge in [-0.3, -0.25) is 0 Å². The second-order valence-electron chi connectivity index (χ2n) is 3.38. The molecule has 0 atom stereocenters. The highest BCUT2D eigenvalue weighted by atomic mass is 19.1. The van der Waals surface area contributed by atoms with Gasteiger partial charge in [0.15, 0.2) is 0 Å².